The molecule has 2 aromatic rings. The molecule has 4 heteroatoms. The van der Waals surface area contributed by atoms with E-state index in [9.17, 15) is 4.79 Å². The first-order valence-electron chi connectivity index (χ1n) is 6.25. The number of rotatable bonds is 3. The Labute approximate surface area is 117 Å². The van der Waals surface area contributed by atoms with E-state index in [1.54, 1.807) is 11.3 Å². The molecule has 3 nitrogen and oxygen atoms in total. The van der Waals surface area contributed by atoms with Gasteiger partial charge in [0.1, 0.15) is 0 Å². The largest absolute Gasteiger partial charge is 0.347 e. The molecule has 2 rings (SSSR count). The molecular weight excluding hydrogens is 256 g/mol. The van der Waals surface area contributed by atoms with Gasteiger partial charge in [-0.25, -0.2) is 4.98 Å². The average Bonchev–Trinajstić information content (AvgIpc) is 2.65. The normalized spacial score (nSPS) is 10.5. The molecule has 0 saturated heterocycles. The number of aryl methyl sites for hydroxylation is 4. The summed E-state index contributed by atoms with van der Waals surface area (Å²) >= 11 is 1.63. The molecule has 0 unspecified atom stereocenters. The van der Waals surface area contributed by atoms with E-state index in [1.165, 1.54) is 5.56 Å². The van der Waals surface area contributed by atoms with E-state index in [2.05, 4.69) is 10.3 Å². The van der Waals surface area contributed by atoms with Gasteiger partial charge in [0.15, 0.2) is 0 Å². The molecule has 1 heterocycles. The number of carbonyl (C=O) groups excluding carboxylic acids is 1. The molecule has 100 valence electrons. The maximum absolute atomic E-state index is 12.1. The van der Waals surface area contributed by atoms with Crippen LogP contribution in [0.4, 0.5) is 0 Å². The molecule has 0 radical (unpaired) electrons. The lowest BCUT2D eigenvalue weighted by molar-refractivity contribution is 0.0950. The molecule has 0 bridgehead atoms. The van der Waals surface area contributed by atoms with Gasteiger partial charge in [0.25, 0.3) is 5.91 Å². The number of aromatic nitrogens is 1. The van der Waals surface area contributed by atoms with Crippen LogP contribution >= 0.6 is 11.3 Å². The molecule has 1 aromatic carbocycles. The lowest BCUT2D eigenvalue weighted by Gasteiger charge is -2.07. The highest BCUT2D eigenvalue weighted by Gasteiger charge is 2.10. The lowest BCUT2D eigenvalue weighted by atomic mass is 10.1. The first kappa shape index (κ1) is 13.7. The first-order chi connectivity index (χ1) is 8.97. The monoisotopic (exact) mass is 274 g/mol. The third-order valence-corrected chi connectivity index (χ3v) is 4.11. The molecule has 0 fully saturated rings. The zero-order valence-electron chi connectivity index (χ0n) is 11.7. The summed E-state index contributed by atoms with van der Waals surface area (Å²) < 4.78 is 0. The third kappa shape index (κ3) is 3.20. The van der Waals surface area contributed by atoms with E-state index in [0.29, 0.717) is 6.54 Å². The van der Waals surface area contributed by atoms with Crippen LogP contribution in [-0.2, 0) is 6.54 Å². The second-order valence-electron chi connectivity index (χ2n) is 4.74. The third-order valence-electron chi connectivity index (χ3n) is 3.04. The van der Waals surface area contributed by atoms with Crippen molar-refractivity contribution in [3.05, 3.63) is 50.5 Å². The molecule has 0 saturated carbocycles. The van der Waals surface area contributed by atoms with Crippen molar-refractivity contribution in [1.29, 1.82) is 0 Å². The van der Waals surface area contributed by atoms with Crippen molar-refractivity contribution in [2.24, 2.45) is 0 Å². The van der Waals surface area contributed by atoms with E-state index in [-0.39, 0.29) is 5.91 Å². The quantitative estimate of drug-likeness (QED) is 0.933. The van der Waals surface area contributed by atoms with Gasteiger partial charge >= 0.3 is 0 Å². The van der Waals surface area contributed by atoms with Gasteiger partial charge in [-0.2, -0.15) is 0 Å². The van der Waals surface area contributed by atoms with E-state index < -0.39 is 0 Å². The Kier molecular flexibility index (Phi) is 4.00. The zero-order chi connectivity index (χ0) is 14.0. The number of nitrogens with zero attached hydrogens (tertiary/aromatic N) is 1. The minimum atomic E-state index is -0.0250. The van der Waals surface area contributed by atoms with E-state index in [4.69, 9.17) is 0 Å². The average molecular weight is 274 g/mol. The molecule has 0 atom stereocenters. The smallest absolute Gasteiger partial charge is 0.251 e. The van der Waals surface area contributed by atoms with Gasteiger partial charge in [-0.3, -0.25) is 4.79 Å². The van der Waals surface area contributed by atoms with Crippen molar-refractivity contribution in [2.45, 2.75) is 34.2 Å². The van der Waals surface area contributed by atoms with Gasteiger partial charge in [-0.1, -0.05) is 17.7 Å². The Morgan fingerprint density at radius 1 is 1.26 bits per heavy atom. The summed E-state index contributed by atoms with van der Waals surface area (Å²) in [7, 11) is 0. The first-order valence-corrected chi connectivity index (χ1v) is 7.07. The van der Waals surface area contributed by atoms with Crippen LogP contribution in [0.25, 0.3) is 0 Å². The maximum Gasteiger partial charge on any atom is 0.251 e. The van der Waals surface area contributed by atoms with Gasteiger partial charge < -0.3 is 5.32 Å². The Balaban J connectivity index is 2.07. The standard InChI is InChI=1S/C15H18N2OS/c1-9-5-6-13(10(2)7-9)15(18)16-8-14-11(3)17-12(4)19-14/h5-7H,8H2,1-4H3,(H,16,18). The van der Waals surface area contributed by atoms with Crippen molar-refractivity contribution < 1.29 is 4.79 Å². The predicted octanol–water partition coefficient (Wildman–Crippen LogP) is 3.31. The minimum Gasteiger partial charge on any atom is -0.347 e. The van der Waals surface area contributed by atoms with Crippen LogP contribution in [0, 0.1) is 27.7 Å². The van der Waals surface area contributed by atoms with Gasteiger partial charge in [-0.15, -0.1) is 11.3 Å². The topological polar surface area (TPSA) is 42.0 Å². The number of nitrogens with one attached hydrogen (secondary N) is 1. The zero-order valence-corrected chi connectivity index (χ0v) is 12.5. The summed E-state index contributed by atoms with van der Waals surface area (Å²) in [6.07, 6.45) is 0. The highest BCUT2D eigenvalue weighted by Crippen LogP contribution is 2.17. The van der Waals surface area contributed by atoms with E-state index >= 15 is 0 Å². The number of benzene rings is 1. The van der Waals surface area contributed by atoms with Crippen LogP contribution in [0.15, 0.2) is 18.2 Å². The summed E-state index contributed by atoms with van der Waals surface area (Å²) in [5.74, 6) is -0.0250. The van der Waals surface area contributed by atoms with Crippen LogP contribution in [0.1, 0.15) is 37.1 Å². The van der Waals surface area contributed by atoms with Crippen molar-refractivity contribution in [2.75, 3.05) is 0 Å². The van der Waals surface area contributed by atoms with Gasteiger partial charge in [0.2, 0.25) is 0 Å². The van der Waals surface area contributed by atoms with E-state index in [1.807, 2.05) is 45.9 Å². The molecule has 1 aromatic heterocycles. The summed E-state index contributed by atoms with van der Waals surface area (Å²) in [6.45, 7) is 8.49. The molecule has 0 aliphatic heterocycles. The molecule has 0 aliphatic carbocycles. The number of hydrogen-bond acceptors (Lipinski definition) is 3. The van der Waals surface area contributed by atoms with Crippen LogP contribution in [-0.4, -0.2) is 10.9 Å². The number of hydrogen-bond donors (Lipinski definition) is 1. The summed E-state index contributed by atoms with van der Waals surface area (Å²) in [5.41, 5.74) is 3.92. The molecule has 0 aliphatic rings. The fourth-order valence-corrected chi connectivity index (χ4v) is 2.94. The van der Waals surface area contributed by atoms with Crippen LogP contribution in [0.5, 0.6) is 0 Å². The predicted molar refractivity (Wildman–Crippen MR) is 78.7 cm³/mol. The Bertz CT molecular complexity index is 617. The minimum absolute atomic E-state index is 0.0250. The highest BCUT2D eigenvalue weighted by atomic mass is 32.1. The van der Waals surface area contributed by atoms with E-state index in [0.717, 1.165) is 26.7 Å². The fourth-order valence-electron chi connectivity index (χ4n) is 2.06. The summed E-state index contributed by atoms with van der Waals surface area (Å²) in [5, 5.41) is 4.00. The van der Waals surface area contributed by atoms with Crippen LogP contribution < -0.4 is 5.32 Å². The van der Waals surface area contributed by atoms with Crippen LogP contribution in [0.2, 0.25) is 0 Å². The summed E-state index contributed by atoms with van der Waals surface area (Å²) in [6, 6.07) is 5.87. The Morgan fingerprint density at radius 3 is 2.58 bits per heavy atom. The van der Waals surface area contributed by atoms with Gasteiger partial charge in [-0.05, 0) is 39.3 Å². The molecular formula is C15H18N2OS. The fraction of sp³-hybridized carbons (Fsp3) is 0.333. The number of carbonyl (C=O) groups is 1. The van der Waals surface area contributed by atoms with Crippen molar-refractivity contribution in [3.63, 3.8) is 0 Å². The molecule has 19 heavy (non-hydrogen) atoms. The maximum atomic E-state index is 12.1. The molecule has 1 amide bonds. The highest BCUT2D eigenvalue weighted by molar-refractivity contribution is 7.11. The second kappa shape index (κ2) is 5.53. The molecule has 1 N–H and O–H groups in total. The van der Waals surface area contributed by atoms with Crippen molar-refractivity contribution >= 4 is 17.2 Å². The van der Waals surface area contributed by atoms with Gasteiger partial charge in [0.05, 0.1) is 17.2 Å². The van der Waals surface area contributed by atoms with Crippen LogP contribution in [0.3, 0.4) is 0 Å². The Hall–Kier alpha value is -1.68. The van der Waals surface area contributed by atoms with Gasteiger partial charge in [0, 0.05) is 10.4 Å². The molecule has 0 spiro atoms. The van der Waals surface area contributed by atoms with Crippen molar-refractivity contribution in [3.8, 4) is 0 Å². The summed E-state index contributed by atoms with van der Waals surface area (Å²) in [4.78, 5) is 17.6. The number of amides is 1. The second-order valence-corrected chi connectivity index (χ2v) is 6.03. The Morgan fingerprint density at radius 2 is 2.00 bits per heavy atom. The van der Waals surface area contributed by atoms with Crippen molar-refractivity contribution in [1.82, 2.24) is 10.3 Å². The number of thiazole rings is 1. The SMILES string of the molecule is Cc1ccc(C(=O)NCc2sc(C)nc2C)c(C)c1. The lowest BCUT2D eigenvalue weighted by Crippen LogP contribution is -2.23.